The molecule has 0 radical (unpaired) electrons. The van der Waals surface area contributed by atoms with E-state index in [1.165, 1.54) is 48.4 Å². The van der Waals surface area contributed by atoms with Crippen LogP contribution in [0.3, 0.4) is 0 Å². The Hall–Kier alpha value is -5.82. The maximum absolute atomic E-state index is 10.1. The maximum Gasteiger partial charge on any atom is 0.0998 e. The van der Waals surface area contributed by atoms with Crippen LogP contribution in [0.4, 0.5) is 0 Å². The van der Waals surface area contributed by atoms with Crippen LogP contribution in [-0.2, 0) is 0 Å². The van der Waals surface area contributed by atoms with Crippen molar-refractivity contribution in [3.05, 3.63) is 163 Å². The number of hydrogen-bond donors (Lipinski definition) is 0. The van der Waals surface area contributed by atoms with E-state index >= 15 is 0 Å². The Morgan fingerprint density at radius 2 is 1.11 bits per heavy atom. The molecular weight excluding hydrogens is 577 g/mol. The highest BCUT2D eigenvalue weighted by Gasteiger charge is 2.23. The molecular formula is C43H26N2S. The topological polar surface area (TPSA) is 28.7 Å². The van der Waals surface area contributed by atoms with Gasteiger partial charge in [-0.15, -0.1) is 0 Å². The highest BCUT2D eigenvalue weighted by atomic mass is 32.2. The van der Waals surface area contributed by atoms with Crippen LogP contribution < -0.4 is 0 Å². The predicted molar refractivity (Wildman–Crippen MR) is 191 cm³/mol. The van der Waals surface area contributed by atoms with Gasteiger partial charge in [0, 0.05) is 20.6 Å². The fourth-order valence-corrected chi connectivity index (χ4v) is 7.98. The van der Waals surface area contributed by atoms with Gasteiger partial charge in [0.15, 0.2) is 0 Å². The van der Waals surface area contributed by atoms with E-state index in [9.17, 15) is 5.26 Å². The molecule has 2 heterocycles. The molecule has 0 N–H and O–H groups in total. The summed E-state index contributed by atoms with van der Waals surface area (Å²) >= 11 is 1.85. The standard InChI is InChI=1S/C43H26N2S/c44-27-35-24-32(28-10-2-1-3-11-28)20-21-36(35)33-15-9-13-30(23-33)29-12-8-14-31(22-29)34-25-38-37-16-4-5-17-39(37)45-40-18-6-7-19-41(40)46-42(26-34)43(38)45/h1-26H. The highest BCUT2D eigenvalue weighted by molar-refractivity contribution is 7.99. The number of aromatic nitrogens is 1. The van der Waals surface area contributed by atoms with E-state index in [0.29, 0.717) is 5.56 Å². The van der Waals surface area contributed by atoms with Crippen molar-refractivity contribution in [2.24, 2.45) is 0 Å². The molecule has 0 unspecified atom stereocenters. The van der Waals surface area contributed by atoms with Crippen molar-refractivity contribution in [3.8, 4) is 56.3 Å². The molecule has 8 aromatic rings. The van der Waals surface area contributed by atoms with Crippen molar-refractivity contribution in [2.75, 3.05) is 0 Å². The van der Waals surface area contributed by atoms with Crippen LogP contribution in [-0.4, -0.2) is 4.57 Å². The van der Waals surface area contributed by atoms with Gasteiger partial charge in [0.05, 0.1) is 28.4 Å². The molecule has 0 saturated heterocycles. The largest absolute Gasteiger partial charge is 0.307 e. The van der Waals surface area contributed by atoms with E-state index in [-0.39, 0.29) is 0 Å². The first kappa shape index (κ1) is 26.6. The number of nitrogens with zero attached hydrogens (tertiary/aromatic N) is 2. The Labute approximate surface area is 271 Å². The SMILES string of the molecule is N#Cc1cc(-c2ccccc2)ccc1-c1cccc(-c2cccc(-c3cc4c5c(c3)c3ccccc3n5-c3ccccc3S4)c2)c1. The van der Waals surface area contributed by atoms with Gasteiger partial charge < -0.3 is 4.57 Å². The van der Waals surface area contributed by atoms with Crippen LogP contribution in [0.1, 0.15) is 5.56 Å². The van der Waals surface area contributed by atoms with Gasteiger partial charge in [-0.3, -0.25) is 0 Å². The van der Waals surface area contributed by atoms with Crippen molar-refractivity contribution >= 4 is 33.6 Å². The van der Waals surface area contributed by atoms with Crippen molar-refractivity contribution in [2.45, 2.75) is 9.79 Å². The summed E-state index contributed by atoms with van der Waals surface area (Å²) in [6.45, 7) is 0. The van der Waals surface area contributed by atoms with Gasteiger partial charge in [-0.05, 0) is 93.0 Å². The van der Waals surface area contributed by atoms with E-state index in [1.807, 2.05) is 36.0 Å². The smallest absolute Gasteiger partial charge is 0.0998 e. The van der Waals surface area contributed by atoms with Crippen LogP contribution in [0.5, 0.6) is 0 Å². The van der Waals surface area contributed by atoms with Crippen LogP contribution >= 0.6 is 11.8 Å². The zero-order chi connectivity index (χ0) is 30.6. The summed E-state index contributed by atoms with van der Waals surface area (Å²) in [5.41, 5.74) is 13.2. The quantitative estimate of drug-likeness (QED) is 0.200. The molecule has 0 amide bonds. The summed E-state index contributed by atoms with van der Waals surface area (Å²) in [6.07, 6.45) is 0. The number of rotatable bonds is 4. The molecule has 0 atom stereocenters. The minimum Gasteiger partial charge on any atom is -0.307 e. The summed E-state index contributed by atoms with van der Waals surface area (Å²) in [4.78, 5) is 2.55. The third-order valence-corrected chi connectivity index (χ3v) is 10.1. The van der Waals surface area contributed by atoms with Gasteiger partial charge >= 0.3 is 0 Å². The average molecular weight is 603 g/mol. The first-order valence-electron chi connectivity index (χ1n) is 15.4. The number of fused-ring (bicyclic) bond motifs is 5. The summed E-state index contributed by atoms with van der Waals surface area (Å²) in [5.74, 6) is 0. The molecule has 7 aromatic carbocycles. The summed E-state index contributed by atoms with van der Waals surface area (Å²) in [6, 6.07) is 58.3. The van der Waals surface area contributed by atoms with Crippen LogP contribution in [0.15, 0.2) is 168 Å². The minimum atomic E-state index is 0.674. The molecule has 0 saturated carbocycles. The lowest BCUT2D eigenvalue weighted by Gasteiger charge is -2.20. The third-order valence-electron chi connectivity index (χ3n) is 9.01. The second-order valence-electron chi connectivity index (χ2n) is 11.7. The van der Waals surface area contributed by atoms with Gasteiger partial charge in [0.2, 0.25) is 0 Å². The van der Waals surface area contributed by atoms with Gasteiger partial charge in [-0.1, -0.05) is 121 Å². The first-order valence-corrected chi connectivity index (χ1v) is 16.2. The zero-order valence-corrected chi connectivity index (χ0v) is 25.6. The molecule has 9 rings (SSSR count). The minimum absolute atomic E-state index is 0.674. The van der Waals surface area contributed by atoms with E-state index in [4.69, 9.17) is 0 Å². The lowest BCUT2D eigenvalue weighted by Crippen LogP contribution is -2.01. The van der Waals surface area contributed by atoms with Crippen molar-refractivity contribution < 1.29 is 0 Å². The number of para-hydroxylation sites is 2. The van der Waals surface area contributed by atoms with Gasteiger partial charge in [0.1, 0.15) is 0 Å². The monoisotopic (exact) mass is 602 g/mol. The molecule has 46 heavy (non-hydrogen) atoms. The van der Waals surface area contributed by atoms with E-state index in [2.05, 4.69) is 144 Å². The Morgan fingerprint density at radius 3 is 1.93 bits per heavy atom. The molecule has 1 aliphatic rings. The second kappa shape index (κ2) is 10.7. The van der Waals surface area contributed by atoms with E-state index < -0.39 is 0 Å². The Balaban J connectivity index is 1.14. The summed E-state index contributed by atoms with van der Waals surface area (Å²) in [5, 5.41) is 12.6. The molecule has 0 aliphatic carbocycles. The fourth-order valence-electron chi connectivity index (χ4n) is 6.85. The molecule has 3 heteroatoms. The molecule has 0 bridgehead atoms. The predicted octanol–water partition coefficient (Wildman–Crippen LogP) is 11.8. The highest BCUT2D eigenvalue weighted by Crippen LogP contribution is 2.48. The van der Waals surface area contributed by atoms with Crippen LogP contribution in [0.2, 0.25) is 0 Å². The zero-order valence-electron chi connectivity index (χ0n) is 24.8. The second-order valence-corrected chi connectivity index (χ2v) is 12.8. The van der Waals surface area contributed by atoms with Crippen molar-refractivity contribution in [1.29, 1.82) is 5.26 Å². The summed E-state index contributed by atoms with van der Waals surface area (Å²) < 4.78 is 2.43. The van der Waals surface area contributed by atoms with E-state index in [1.54, 1.807) is 0 Å². The fraction of sp³-hybridized carbons (Fsp3) is 0. The number of hydrogen-bond acceptors (Lipinski definition) is 2. The number of nitriles is 1. The third kappa shape index (κ3) is 4.27. The molecule has 0 spiro atoms. The number of benzene rings is 7. The van der Waals surface area contributed by atoms with Gasteiger partial charge in [-0.2, -0.15) is 5.26 Å². The lowest BCUT2D eigenvalue weighted by molar-refractivity contribution is 1.09. The van der Waals surface area contributed by atoms with Crippen molar-refractivity contribution in [3.63, 3.8) is 0 Å². The van der Waals surface area contributed by atoms with Crippen molar-refractivity contribution in [1.82, 2.24) is 4.57 Å². The molecule has 0 fully saturated rings. The molecule has 1 aliphatic heterocycles. The molecule has 2 nitrogen and oxygen atoms in total. The van der Waals surface area contributed by atoms with Gasteiger partial charge in [-0.25, -0.2) is 0 Å². The van der Waals surface area contributed by atoms with Gasteiger partial charge in [0.25, 0.3) is 0 Å². The Bertz CT molecular complexity index is 2520. The molecule has 214 valence electrons. The lowest BCUT2D eigenvalue weighted by atomic mass is 9.92. The summed E-state index contributed by atoms with van der Waals surface area (Å²) in [7, 11) is 0. The normalized spacial score (nSPS) is 11.8. The maximum atomic E-state index is 10.1. The Morgan fingerprint density at radius 1 is 0.457 bits per heavy atom. The average Bonchev–Trinajstić information content (AvgIpc) is 3.47. The first-order chi connectivity index (χ1) is 22.7. The van der Waals surface area contributed by atoms with E-state index in [0.717, 1.165) is 33.4 Å². The van der Waals surface area contributed by atoms with Crippen LogP contribution in [0.25, 0.3) is 72.0 Å². The van der Waals surface area contributed by atoms with Crippen LogP contribution in [0, 0.1) is 11.3 Å². The Kier molecular flexibility index (Phi) is 6.16. The molecule has 1 aromatic heterocycles.